The number of anilines is 2. The van der Waals surface area contributed by atoms with E-state index in [0.29, 0.717) is 24.9 Å². The second-order valence-electron chi connectivity index (χ2n) is 6.32. The van der Waals surface area contributed by atoms with Gasteiger partial charge in [0.15, 0.2) is 0 Å². The molecular formula is C18H23N5O2. The van der Waals surface area contributed by atoms with Gasteiger partial charge in [-0.3, -0.25) is 5.32 Å². The van der Waals surface area contributed by atoms with E-state index in [-0.39, 0.29) is 18.2 Å². The van der Waals surface area contributed by atoms with Crippen LogP contribution in [0.3, 0.4) is 0 Å². The Morgan fingerprint density at radius 1 is 1.24 bits per heavy atom. The number of amides is 2. The van der Waals surface area contributed by atoms with Gasteiger partial charge < -0.3 is 14.5 Å². The highest BCUT2D eigenvalue weighted by Gasteiger charge is 2.29. The van der Waals surface area contributed by atoms with E-state index in [4.69, 9.17) is 4.74 Å². The molecule has 1 fully saturated rings. The topological polar surface area (TPSA) is 70.6 Å². The van der Waals surface area contributed by atoms with Crippen LogP contribution in [0.1, 0.15) is 18.6 Å². The number of carbonyl (C=O) groups excluding carboxylic acids is 1. The van der Waals surface area contributed by atoms with Crippen molar-refractivity contribution in [3.63, 3.8) is 0 Å². The lowest BCUT2D eigenvalue weighted by atomic mass is 10.1. The summed E-state index contributed by atoms with van der Waals surface area (Å²) in [6.07, 6.45) is 1.47. The molecule has 7 nitrogen and oxygen atoms in total. The lowest BCUT2D eigenvalue weighted by Gasteiger charge is -2.36. The van der Waals surface area contributed by atoms with E-state index in [1.807, 2.05) is 51.4 Å². The summed E-state index contributed by atoms with van der Waals surface area (Å²) in [5.41, 5.74) is 1.07. The molecule has 0 radical (unpaired) electrons. The van der Waals surface area contributed by atoms with E-state index in [2.05, 4.69) is 15.3 Å². The van der Waals surface area contributed by atoms with Gasteiger partial charge in [-0.05, 0) is 18.6 Å². The molecule has 1 saturated heterocycles. The second-order valence-corrected chi connectivity index (χ2v) is 6.32. The summed E-state index contributed by atoms with van der Waals surface area (Å²) >= 11 is 0. The average Bonchev–Trinajstić information content (AvgIpc) is 2.62. The van der Waals surface area contributed by atoms with E-state index in [1.54, 1.807) is 22.1 Å². The Balaban J connectivity index is 1.70. The quantitative estimate of drug-likeness (QED) is 0.929. The van der Waals surface area contributed by atoms with Gasteiger partial charge in [0.2, 0.25) is 5.95 Å². The molecule has 0 spiro atoms. The summed E-state index contributed by atoms with van der Waals surface area (Å²) in [6.45, 7) is 3.02. The number of nitrogens with one attached hydrogen (secondary N) is 1. The smallest absolute Gasteiger partial charge is 0.323 e. The highest BCUT2D eigenvalue weighted by atomic mass is 16.5. The van der Waals surface area contributed by atoms with Crippen LogP contribution in [0.4, 0.5) is 16.6 Å². The van der Waals surface area contributed by atoms with Gasteiger partial charge in [-0.15, -0.1) is 0 Å². The SMILES string of the molecule is C[C@@H]1CN(C(=O)Nc2ccnc(N(C)C)n2)C[C@@H](c2ccccc2)O1. The van der Waals surface area contributed by atoms with Crippen LogP contribution in [-0.2, 0) is 4.74 Å². The first kappa shape index (κ1) is 17.2. The van der Waals surface area contributed by atoms with Gasteiger partial charge in [0, 0.05) is 26.8 Å². The highest BCUT2D eigenvalue weighted by molar-refractivity contribution is 5.88. The van der Waals surface area contributed by atoms with Crippen molar-refractivity contribution < 1.29 is 9.53 Å². The largest absolute Gasteiger partial charge is 0.367 e. The summed E-state index contributed by atoms with van der Waals surface area (Å²) < 4.78 is 6.00. The predicted molar refractivity (Wildman–Crippen MR) is 96.7 cm³/mol. The Bertz CT molecular complexity index is 722. The van der Waals surface area contributed by atoms with Gasteiger partial charge in [-0.1, -0.05) is 30.3 Å². The van der Waals surface area contributed by atoms with E-state index in [9.17, 15) is 4.79 Å². The van der Waals surface area contributed by atoms with Gasteiger partial charge >= 0.3 is 6.03 Å². The van der Waals surface area contributed by atoms with Crippen molar-refractivity contribution in [3.05, 3.63) is 48.2 Å². The van der Waals surface area contributed by atoms with Crippen LogP contribution >= 0.6 is 0 Å². The minimum absolute atomic E-state index is 0.0348. The van der Waals surface area contributed by atoms with Crippen LogP contribution in [-0.4, -0.2) is 54.2 Å². The van der Waals surface area contributed by atoms with Crippen molar-refractivity contribution in [2.75, 3.05) is 37.4 Å². The molecule has 3 rings (SSSR count). The van der Waals surface area contributed by atoms with Crippen molar-refractivity contribution >= 4 is 17.8 Å². The molecule has 1 aliphatic rings. The van der Waals surface area contributed by atoms with E-state index >= 15 is 0 Å². The molecular weight excluding hydrogens is 318 g/mol. The first-order valence-corrected chi connectivity index (χ1v) is 8.29. The van der Waals surface area contributed by atoms with Crippen LogP contribution in [0.5, 0.6) is 0 Å². The predicted octanol–water partition coefficient (Wildman–Crippen LogP) is 2.54. The number of nitrogens with zero attached hydrogens (tertiary/aromatic N) is 4. The van der Waals surface area contributed by atoms with Gasteiger partial charge in [0.1, 0.15) is 11.9 Å². The molecule has 0 bridgehead atoms. The maximum absolute atomic E-state index is 12.7. The third kappa shape index (κ3) is 4.24. The second kappa shape index (κ2) is 7.48. The zero-order valence-electron chi connectivity index (χ0n) is 14.7. The number of ether oxygens (including phenoxy) is 1. The van der Waals surface area contributed by atoms with Crippen molar-refractivity contribution in [1.29, 1.82) is 0 Å². The zero-order chi connectivity index (χ0) is 17.8. The maximum Gasteiger partial charge on any atom is 0.323 e. The van der Waals surface area contributed by atoms with Gasteiger partial charge in [0.05, 0.1) is 12.6 Å². The molecule has 2 heterocycles. The first-order valence-electron chi connectivity index (χ1n) is 8.29. The molecule has 7 heteroatoms. The zero-order valence-corrected chi connectivity index (χ0v) is 14.7. The lowest BCUT2D eigenvalue weighted by Crippen LogP contribution is -2.47. The Morgan fingerprint density at radius 3 is 2.72 bits per heavy atom. The highest BCUT2D eigenvalue weighted by Crippen LogP contribution is 2.25. The van der Waals surface area contributed by atoms with E-state index < -0.39 is 0 Å². The van der Waals surface area contributed by atoms with Gasteiger partial charge in [-0.25, -0.2) is 9.78 Å². The lowest BCUT2D eigenvalue weighted by molar-refractivity contribution is -0.0642. The number of carbonyl (C=O) groups is 1. The first-order chi connectivity index (χ1) is 12.0. The fraction of sp³-hybridized carbons (Fsp3) is 0.389. The number of rotatable bonds is 3. The van der Waals surface area contributed by atoms with Crippen LogP contribution in [0.15, 0.2) is 42.6 Å². The average molecular weight is 341 g/mol. The summed E-state index contributed by atoms with van der Waals surface area (Å²) in [6, 6.07) is 11.5. The summed E-state index contributed by atoms with van der Waals surface area (Å²) in [5.74, 6) is 1.04. The third-order valence-corrected chi connectivity index (χ3v) is 4.00. The number of aromatic nitrogens is 2. The van der Waals surface area contributed by atoms with Crippen LogP contribution < -0.4 is 10.2 Å². The number of hydrogen-bond acceptors (Lipinski definition) is 5. The Kier molecular flexibility index (Phi) is 5.14. The van der Waals surface area contributed by atoms with Crippen molar-refractivity contribution in [2.45, 2.75) is 19.1 Å². The minimum Gasteiger partial charge on any atom is -0.367 e. The summed E-state index contributed by atoms with van der Waals surface area (Å²) in [4.78, 5) is 24.7. The number of hydrogen-bond donors (Lipinski definition) is 1. The molecule has 0 unspecified atom stereocenters. The van der Waals surface area contributed by atoms with Crippen LogP contribution in [0.2, 0.25) is 0 Å². The van der Waals surface area contributed by atoms with E-state index in [0.717, 1.165) is 5.56 Å². The van der Waals surface area contributed by atoms with Crippen molar-refractivity contribution in [1.82, 2.24) is 14.9 Å². The molecule has 2 amide bonds. The van der Waals surface area contributed by atoms with Gasteiger partial charge in [-0.2, -0.15) is 4.98 Å². The van der Waals surface area contributed by atoms with Crippen LogP contribution in [0.25, 0.3) is 0 Å². The molecule has 2 atom stereocenters. The number of urea groups is 1. The fourth-order valence-corrected chi connectivity index (χ4v) is 2.79. The molecule has 0 saturated carbocycles. The molecule has 2 aromatic rings. The molecule has 132 valence electrons. The minimum atomic E-state index is -0.181. The van der Waals surface area contributed by atoms with Crippen LogP contribution in [0, 0.1) is 0 Å². The molecule has 25 heavy (non-hydrogen) atoms. The molecule has 1 aromatic carbocycles. The summed E-state index contributed by atoms with van der Waals surface area (Å²) in [5, 5.41) is 2.85. The van der Waals surface area contributed by atoms with Crippen molar-refractivity contribution in [2.24, 2.45) is 0 Å². The van der Waals surface area contributed by atoms with Gasteiger partial charge in [0.25, 0.3) is 0 Å². The molecule has 1 N–H and O–H groups in total. The molecule has 1 aromatic heterocycles. The maximum atomic E-state index is 12.7. The number of morpholine rings is 1. The van der Waals surface area contributed by atoms with E-state index in [1.165, 1.54) is 0 Å². The fourth-order valence-electron chi connectivity index (χ4n) is 2.79. The van der Waals surface area contributed by atoms with Crippen molar-refractivity contribution in [3.8, 4) is 0 Å². The third-order valence-electron chi connectivity index (χ3n) is 4.00. The Hall–Kier alpha value is -2.67. The Labute approximate surface area is 147 Å². The number of benzene rings is 1. The molecule has 1 aliphatic heterocycles. The monoisotopic (exact) mass is 341 g/mol. The standard InChI is InChI=1S/C18H23N5O2/c1-13-11-23(12-15(25-13)14-7-5-4-6-8-14)18(24)21-16-9-10-19-17(20-16)22(2)3/h4-10,13,15H,11-12H2,1-3H3,(H,19,20,21,24)/t13-,15+/m1/s1. The summed E-state index contributed by atoms with van der Waals surface area (Å²) in [7, 11) is 3.71. The Morgan fingerprint density at radius 2 is 2.00 bits per heavy atom. The normalized spacial score (nSPS) is 20.2. The molecule has 0 aliphatic carbocycles.